The van der Waals surface area contributed by atoms with Crippen LogP contribution in [-0.2, 0) is 0 Å². The lowest BCUT2D eigenvalue weighted by Gasteiger charge is -2.40. The molecule has 2 N–H and O–H groups in total. The molecule has 4 rings (SSSR count). The molecule has 3 heterocycles. The normalized spacial score (nSPS) is 29.6. The quantitative estimate of drug-likeness (QED) is 0.877. The third-order valence-corrected chi connectivity index (χ3v) is 4.98. The highest BCUT2D eigenvalue weighted by Crippen LogP contribution is 2.49. The molecule has 5 heteroatoms. The van der Waals surface area contributed by atoms with Gasteiger partial charge in [-0.3, -0.25) is 0 Å². The van der Waals surface area contributed by atoms with E-state index in [9.17, 15) is 5.11 Å². The fourth-order valence-corrected chi connectivity index (χ4v) is 4.05. The second-order valence-electron chi connectivity index (χ2n) is 6.69. The Kier molecular flexibility index (Phi) is 2.40. The molecule has 1 aliphatic heterocycles. The zero-order valence-electron chi connectivity index (χ0n) is 11.9. The van der Waals surface area contributed by atoms with Crippen molar-refractivity contribution < 1.29 is 5.11 Å². The fraction of sp³-hybridized carbons (Fsp3) is 0.600. The average molecular weight is 272 g/mol. The van der Waals surface area contributed by atoms with Crippen molar-refractivity contribution in [3.8, 4) is 0 Å². The molecule has 0 radical (unpaired) electrons. The molecule has 3 atom stereocenters. The van der Waals surface area contributed by atoms with E-state index in [0.29, 0.717) is 11.8 Å². The monoisotopic (exact) mass is 272 g/mol. The Hall–Kier alpha value is -1.62. The van der Waals surface area contributed by atoms with Gasteiger partial charge in [-0.1, -0.05) is 0 Å². The number of rotatable bonds is 2. The van der Waals surface area contributed by atoms with E-state index < -0.39 is 5.60 Å². The third-order valence-electron chi connectivity index (χ3n) is 4.98. The van der Waals surface area contributed by atoms with Gasteiger partial charge in [0.2, 0.25) is 0 Å². The van der Waals surface area contributed by atoms with Crippen LogP contribution < -0.4 is 4.90 Å². The molecule has 5 nitrogen and oxygen atoms in total. The molecule has 1 saturated heterocycles. The van der Waals surface area contributed by atoms with Crippen molar-refractivity contribution in [3.05, 3.63) is 18.6 Å². The first-order chi connectivity index (χ1) is 9.55. The van der Waals surface area contributed by atoms with Gasteiger partial charge in [-0.05, 0) is 44.6 Å². The molecular weight excluding hydrogens is 252 g/mol. The van der Waals surface area contributed by atoms with E-state index in [4.69, 9.17) is 0 Å². The van der Waals surface area contributed by atoms with Gasteiger partial charge >= 0.3 is 0 Å². The van der Waals surface area contributed by atoms with Crippen LogP contribution in [0.25, 0.3) is 11.0 Å². The molecule has 2 fully saturated rings. The molecule has 0 amide bonds. The summed E-state index contributed by atoms with van der Waals surface area (Å²) in [6.07, 6.45) is 5.99. The van der Waals surface area contributed by atoms with Crippen molar-refractivity contribution in [2.75, 3.05) is 11.4 Å². The van der Waals surface area contributed by atoms with Crippen LogP contribution in [0.3, 0.4) is 0 Å². The van der Waals surface area contributed by atoms with Crippen LogP contribution in [0.4, 0.5) is 5.82 Å². The molecule has 1 aliphatic carbocycles. The minimum atomic E-state index is -0.715. The van der Waals surface area contributed by atoms with Gasteiger partial charge < -0.3 is 15.0 Å². The largest absolute Gasteiger partial charge is 0.388 e. The van der Waals surface area contributed by atoms with Crippen molar-refractivity contribution in [3.63, 3.8) is 0 Å². The molecule has 0 aromatic carbocycles. The lowest BCUT2D eigenvalue weighted by Crippen LogP contribution is -2.50. The Morgan fingerprint density at radius 2 is 2.20 bits per heavy atom. The van der Waals surface area contributed by atoms with Crippen molar-refractivity contribution >= 4 is 16.9 Å². The summed E-state index contributed by atoms with van der Waals surface area (Å²) in [6, 6.07) is 2.17. The van der Waals surface area contributed by atoms with Crippen LogP contribution in [0.1, 0.15) is 26.7 Å². The summed E-state index contributed by atoms with van der Waals surface area (Å²) in [4.78, 5) is 14.2. The molecule has 2 aromatic rings. The number of fused-ring (bicyclic) bond motifs is 2. The number of aromatic nitrogens is 3. The lowest BCUT2D eigenvalue weighted by molar-refractivity contribution is 0.0165. The van der Waals surface area contributed by atoms with Crippen LogP contribution in [0.5, 0.6) is 0 Å². The number of nitrogens with one attached hydrogen (secondary N) is 1. The van der Waals surface area contributed by atoms with E-state index in [0.717, 1.165) is 23.4 Å². The van der Waals surface area contributed by atoms with Crippen molar-refractivity contribution in [2.24, 2.45) is 11.8 Å². The summed E-state index contributed by atoms with van der Waals surface area (Å²) in [5, 5.41) is 11.6. The minimum absolute atomic E-state index is 0.147. The van der Waals surface area contributed by atoms with Gasteiger partial charge in [-0.25, -0.2) is 9.97 Å². The van der Waals surface area contributed by atoms with E-state index in [1.807, 2.05) is 26.1 Å². The maximum Gasteiger partial charge on any atom is 0.142 e. The molecule has 3 unspecified atom stereocenters. The van der Waals surface area contributed by atoms with Crippen molar-refractivity contribution in [2.45, 2.75) is 38.3 Å². The number of anilines is 1. The summed E-state index contributed by atoms with van der Waals surface area (Å²) in [6.45, 7) is 4.83. The van der Waals surface area contributed by atoms with Crippen LogP contribution in [0.2, 0.25) is 0 Å². The van der Waals surface area contributed by atoms with Gasteiger partial charge in [0.15, 0.2) is 0 Å². The van der Waals surface area contributed by atoms with E-state index in [1.165, 1.54) is 12.8 Å². The van der Waals surface area contributed by atoms with Crippen molar-refractivity contribution in [1.82, 2.24) is 15.0 Å². The Morgan fingerprint density at radius 1 is 1.35 bits per heavy atom. The van der Waals surface area contributed by atoms with Gasteiger partial charge in [0.1, 0.15) is 17.8 Å². The number of nitrogens with zero attached hydrogens (tertiary/aromatic N) is 3. The number of hydrogen-bond acceptors (Lipinski definition) is 4. The Bertz CT molecular complexity index is 645. The molecule has 1 saturated carbocycles. The van der Waals surface area contributed by atoms with E-state index >= 15 is 0 Å². The van der Waals surface area contributed by atoms with E-state index in [1.54, 1.807) is 6.33 Å². The highest BCUT2D eigenvalue weighted by atomic mass is 16.3. The van der Waals surface area contributed by atoms with E-state index in [2.05, 4.69) is 19.9 Å². The SMILES string of the molecule is CC(C)(O)C1C2CCC2CN1c1ncnc2[nH]ccc12. The Balaban J connectivity index is 1.82. The topological polar surface area (TPSA) is 65.0 Å². The molecular formula is C15H20N4O. The molecule has 20 heavy (non-hydrogen) atoms. The smallest absolute Gasteiger partial charge is 0.142 e. The number of aliphatic hydroxyl groups is 1. The first kappa shape index (κ1) is 12.1. The second kappa shape index (κ2) is 3.95. The van der Waals surface area contributed by atoms with Crippen LogP contribution in [-0.4, -0.2) is 38.2 Å². The lowest BCUT2D eigenvalue weighted by atomic mass is 9.70. The summed E-state index contributed by atoms with van der Waals surface area (Å²) in [7, 11) is 0. The number of H-pyrrole nitrogens is 1. The summed E-state index contributed by atoms with van der Waals surface area (Å²) in [5.74, 6) is 2.26. The molecule has 106 valence electrons. The molecule has 2 aromatic heterocycles. The van der Waals surface area contributed by atoms with Gasteiger partial charge in [0.05, 0.1) is 17.0 Å². The third kappa shape index (κ3) is 1.59. The first-order valence-electron chi connectivity index (χ1n) is 7.33. The highest BCUT2D eigenvalue weighted by Gasteiger charge is 2.52. The zero-order valence-corrected chi connectivity index (χ0v) is 11.9. The van der Waals surface area contributed by atoms with E-state index in [-0.39, 0.29) is 6.04 Å². The van der Waals surface area contributed by atoms with Crippen LogP contribution in [0, 0.1) is 11.8 Å². The summed E-state index contributed by atoms with van der Waals surface area (Å²) < 4.78 is 0. The average Bonchev–Trinajstić information content (AvgIpc) is 2.92. The molecule has 2 aliphatic rings. The second-order valence-corrected chi connectivity index (χ2v) is 6.69. The number of hydrogen-bond donors (Lipinski definition) is 2. The number of aromatic amines is 1. The zero-order chi connectivity index (χ0) is 13.9. The van der Waals surface area contributed by atoms with Gasteiger partial charge in [-0.2, -0.15) is 0 Å². The predicted molar refractivity (Wildman–Crippen MR) is 77.5 cm³/mol. The fourth-order valence-electron chi connectivity index (χ4n) is 4.05. The summed E-state index contributed by atoms with van der Waals surface area (Å²) >= 11 is 0. The van der Waals surface area contributed by atoms with Gasteiger partial charge in [-0.15, -0.1) is 0 Å². The van der Waals surface area contributed by atoms with Gasteiger partial charge in [0.25, 0.3) is 0 Å². The van der Waals surface area contributed by atoms with Gasteiger partial charge in [0, 0.05) is 12.7 Å². The van der Waals surface area contributed by atoms with Crippen molar-refractivity contribution in [1.29, 1.82) is 0 Å². The maximum absolute atomic E-state index is 10.6. The molecule has 0 spiro atoms. The highest BCUT2D eigenvalue weighted by molar-refractivity contribution is 5.87. The predicted octanol–water partition coefficient (Wildman–Crippen LogP) is 1.94. The molecule has 0 bridgehead atoms. The van der Waals surface area contributed by atoms with Crippen LogP contribution in [0.15, 0.2) is 18.6 Å². The Morgan fingerprint density at radius 3 is 2.90 bits per heavy atom. The Labute approximate surface area is 118 Å². The van der Waals surface area contributed by atoms with Crippen LogP contribution >= 0.6 is 0 Å². The maximum atomic E-state index is 10.6. The first-order valence-corrected chi connectivity index (χ1v) is 7.33. The minimum Gasteiger partial charge on any atom is -0.388 e. The summed E-state index contributed by atoms with van der Waals surface area (Å²) in [5.41, 5.74) is 0.150. The standard InChI is InChI=1S/C15H20N4O/c1-15(2,20)12-10-4-3-9(10)7-19(12)14-11-5-6-16-13(11)17-8-18-14/h5-6,8-10,12,20H,3-4,7H2,1-2H3,(H,16,17,18).